The molecule has 0 fully saturated rings. The second-order valence-corrected chi connectivity index (χ2v) is 6.46. The van der Waals surface area contributed by atoms with Crippen molar-refractivity contribution in [1.82, 2.24) is 4.98 Å². The summed E-state index contributed by atoms with van der Waals surface area (Å²) in [5.41, 5.74) is 1.59. The maximum Gasteiger partial charge on any atom is 0.256 e. The molecule has 0 saturated heterocycles. The Labute approximate surface area is 117 Å². The first kappa shape index (κ1) is 14.2. The molecule has 0 aliphatic carbocycles. The molecule has 104 valence electrons. The number of carbonyl (C=O) groups excluding carboxylic acids is 1. The van der Waals surface area contributed by atoms with Gasteiger partial charge in [0.2, 0.25) is 0 Å². The van der Waals surface area contributed by atoms with Gasteiger partial charge in [-0.05, 0) is 36.8 Å². The summed E-state index contributed by atoms with van der Waals surface area (Å²) in [7, 11) is -3.34. The quantitative estimate of drug-likeness (QED) is 0.938. The number of sulfone groups is 1. The summed E-state index contributed by atoms with van der Waals surface area (Å²) in [5, 5.41) is 2.68. The summed E-state index contributed by atoms with van der Waals surface area (Å²) >= 11 is 0. The summed E-state index contributed by atoms with van der Waals surface area (Å²) in [4.78, 5) is 16.2. The van der Waals surface area contributed by atoms with Gasteiger partial charge in [-0.1, -0.05) is 6.07 Å². The van der Waals surface area contributed by atoms with Crippen molar-refractivity contribution in [3.8, 4) is 0 Å². The van der Waals surface area contributed by atoms with Crippen molar-refractivity contribution < 1.29 is 13.2 Å². The van der Waals surface area contributed by atoms with E-state index in [1.54, 1.807) is 31.3 Å². The number of hydrogen-bond acceptors (Lipinski definition) is 4. The first-order chi connectivity index (χ1) is 9.38. The highest BCUT2D eigenvalue weighted by Gasteiger charge is 2.14. The number of hydrogen-bond donors (Lipinski definition) is 1. The minimum absolute atomic E-state index is 0.124. The van der Waals surface area contributed by atoms with Gasteiger partial charge in [0.15, 0.2) is 9.84 Å². The lowest BCUT2D eigenvalue weighted by atomic mass is 10.1. The van der Waals surface area contributed by atoms with Gasteiger partial charge >= 0.3 is 0 Å². The van der Waals surface area contributed by atoms with E-state index in [1.165, 1.54) is 18.3 Å². The average Bonchev–Trinajstić information content (AvgIpc) is 2.39. The van der Waals surface area contributed by atoms with Crippen LogP contribution in [0, 0.1) is 6.92 Å². The molecule has 2 rings (SSSR count). The fourth-order valence-electron chi connectivity index (χ4n) is 1.71. The van der Waals surface area contributed by atoms with Crippen LogP contribution in [0.3, 0.4) is 0 Å². The van der Waals surface area contributed by atoms with Gasteiger partial charge in [0.05, 0.1) is 16.8 Å². The SMILES string of the molecule is Cc1ccc(S(C)(=O)=O)cc1C(=O)Nc1cccnc1. The molecule has 2 aromatic rings. The molecule has 0 unspecified atom stereocenters. The molecule has 5 nitrogen and oxygen atoms in total. The van der Waals surface area contributed by atoms with Crippen LogP contribution in [0.5, 0.6) is 0 Å². The van der Waals surface area contributed by atoms with Crippen molar-refractivity contribution >= 4 is 21.4 Å². The Morgan fingerprint density at radius 2 is 2.00 bits per heavy atom. The van der Waals surface area contributed by atoms with Crippen LogP contribution < -0.4 is 5.32 Å². The Bertz CT molecular complexity index is 740. The van der Waals surface area contributed by atoms with Crippen LogP contribution in [-0.4, -0.2) is 25.6 Å². The van der Waals surface area contributed by atoms with Crippen molar-refractivity contribution in [3.05, 3.63) is 53.9 Å². The second kappa shape index (κ2) is 5.42. The van der Waals surface area contributed by atoms with Crippen molar-refractivity contribution in [2.75, 3.05) is 11.6 Å². The molecule has 20 heavy (non-hydrogen) atoms. The average molecular weight is 290 g/mol. The Hall–Kier alpha value is -2.21. The topological polar surface area (TPSA) is 76.1 Å². The first-order valence-corrected chi connectivity index (χ1v) is 7.79. The van der Waals surface area contributed by atoms with Crippen molar-refractivity contribution in [1.29, 1.82) is 0 Å². The third-order valence-electron chi connectivity index (χ3n) is 2.80. The number of carbonyl (C=O) groups is 1. The van der Waals surface area contributed by atoms with Crippen LogP contribution in [0.2, 0.25) is 0 Å². The zero-order valence-electron chi connectivity index (χ0n) is 11.1. The van der Waals surface area contributed by atoms with Gasteiger partial charge in [-0.25, -0.2) is 8.42 Å². The molecule has 1 aromatic carbocycles. The van der Waals surface area contributed by atoms with E-state index >= 15 is 0 Å². The molecule has 0 aliphatic heterocycles. The number of rotatable bonds is 3. The lowest BCUT2D eigenvalue weighted by Crippen LogP contribution is -2.14. The van der Waals surface area contributed by atoms with E-state index in [2.05, 4.69) is 10.3 Å². The Morgan fingerprint density at radius 3 is 2.60 bits per heavy atom. The molecule has 0 atom stereocenters. The number of benzene rings is 1. The smallest absolute Gasteiger partial charge is 0.256 e. The van der Waals surface area contributed by atoms with E-state index in [-0.39, 0.29) is 10.8 Å². The minimum Gasteiger partial charge on any atom is -0.321 e. The second-order valence-electron chi connectivity index (χ2n) is 4.44. The molecule has 1 aromatic heterocycles. The van der Waals surface area contributed by atoms with Gasteiger partial charge in [-0.3, -0.25) is 9.78 Å². The van der Waals surface area contributed by atoms with Gasteiger partial charge < -0.3 is 5.32 Å². The lowest BCUT2D eigenvalue weighted by Gasteiger charge is -2.09. The molecule has 1 amide bonds. The number of aryl methyl sites for hydroxylation is 1. The predicted octanol–water partition coefficient (Wildman–Crippen LogP) is 2.05. The molecule has 0 saturated carbocycles. The highest BCUT2D eigenvalue weighted by Crippen LogP contribution is 2.17. The Morgan fingerprint density at radius 1 is 1.25 bits per heavy atom. The highest BCUT2D eigenvalue weighted by atomic mass is 32.2. The summed E-state index contributed by atoms with van der Waals surface area (Å²) in [6.07, 6.45) is 4.24. The van der Waals surface area contributed by atoms with Crippen LogP contribution in [-0.2, 0) is 9.84 Å². The van der Waals surface area contributed by atoms with Crippen LogP contribution in [0.1, 0.15) is 15.9 Å². The number of pyridine rings is 1. The van der Waals surface area contributed by atoms with E-state index in [0.29, 0.717) is 16.8 Å². The van der Waals surface area contributed by atoms with Crippen LogP contribution in [0.4, 0.5) is 5.69 Å². The van der Waals surface area contributed by atoms with Gasteiger partial charge in [0.1, 0.15) is 0 Å². The maximum absolute atomic E-state index is 12.2. The summed E-state index contributed by atoms with van der Waals surface area (Å²) in [6.45, 7) is 1.75. The molecule has 0 bridgehead atoms. The number of amides is 1. The zero-order valence-corrected chi connectivity index (χ0v) is 11.9. The van der Waals surface area contributed by atoms with Crippen LogP contribution in [0.25, 0.3) is 0 Å². The van der Waals surface area contributed by atoms with E-state index < -0.39 is 9.84 Å². The highest BCUT2D eigenvalue weighted by molar-refractivity contribution is 7.90. The normalized spacial score (nSPS) is 11.1. The molecular weight excluding hydrogens is 276 g/mol. The Kier molecular flexibility index (Phi) is 3.85. The predicted molar refractivity (Wildman–Crippen MR) is 76.5 cm³/mol. The van der Waals surface area contributed by atoms with Gasteiger partial charge in [0.25, 0.3) is 5.91 Å². The lowest BCUT2D eigenvalue weighted by molar-refractivity contribution is 0.102. The van der Waals surface area contributed by atoms with Crippen LogP contribution in [0.15, 0.2) is 47.6 Å². The summed E-state index contributed by atoms with van der Waals surface area (Å²) < 4.78 is 23.1. The number of nitrogens with one attached hydrogen (secondary N) is 1. The van der Waals surface area contributed by atoms with Crippen molar-refractivity contribution in [2.24, 2.45) is 0 Å². The summed E-state index contributed by atoms with van der Waals surface area (Å²) in [5.74, 6) is -0.360. The maximum atomic E-state index is 12.2. The molecular formula is C14H14N2O3S. The largest absolute Gasteiger partial charge is 0.321 e. The fraction of sp³-hybridized carbons (Fsp3) is 0.143. The fourth-order valence-corrected chi connectivity index (χ4v) is 2.36. The van der Waals surface area contributed by atoms with Gasteiger partial charge in [-0.2, -0.15) is 0 Å². The minimum atomic E-state index is -3.34. The molecule has 1 N–H and O–H groups in total. The molecule has 0 aliphatic rings. The standard InChI is InChI=1S/C14H14N2O3S/c1-10-5-6-12(20(2,18)19)8-13(10)14(17)16-11-4-3-7-15-9-11/h3-9H,1-2H3,(H,16,17). The number of aromatic nitrogens is 1. The number of anilines is 1. The Balaban J connectivity index is 2.35. The summed E-state index contributed by atoms with van der Waals surface area (Å²) in [6, 6.07) is 7.91. The zero-order chi connectivity index (χ0) is 14.8. The number of nitrogens with zero attached hydrogens (tertiary/aromatic N) is 1. The van der Waals surface area contributed by atoms with Crippen molar-refractivity contribution in [2.45, 2.75) is 11.8 Å². The molecule has 1 heterocycles. The molecule has 6 heteroatoms. The van der Waals surface area contributed by atoms with Gasteiger partial charge in [-0.15, -0.1) is 0 Å². The molecule has 0 spiro atoms. The third-order valence-corrected chi connectivity index (χ3v) is 3.91. The first-order valence-electron chi connectivity index (χ1n) is 5.90. The van der Waals surface area contributed by atoms with E-state index in [4.69, 9.17) is 0 Å². The van der Waals surface area contributed by atoms with E-state index in [1.807, 2.05) is 0 Å². The van der Waals surface area contributed by atoms with Crippen molar-refractivity contribution in [3.63, 3.8) is 0 Å². The van der Waals surface area contributed by atoms with E-state index in [9.17, 15) is 13.2 Å². The van der Waals surface area contributed by atoms with Gasteiger partial charge in [0, 0.05) is 18.0 Å². The monoisotopic (exact) mass is 290 g/mol. The third kappa shape index (κ3) is 3.21. The van der Waals surface area contributed by atoms with E-state index in [0.717, 1.165) is 6.26 Å². The molecule has 0 radical (unpaired) electrons. The van der Waals surface area contributed by atoms with Crippen LogP contribution >= 0.6 is 0 Å².